The summed E-state index contributed by atoms with van der Waals surface area (Å²) in [4.78, 5) is 10.3. The minimum atomic E-state index is -0.211. The van der Waals surface area contributed by atoms with Crippen molar-refractivity contribution in [2.75, 3.05) is 0 Å². The van der Waals surface area contributed by atoms with Crippen molar-refractivity contribution in [3.8, 4) is 67.3 Å². The van der Waals surface area contributed by atoms with Gasteiger partial charge in [0.2, 0.25) is 0 Å². The summed E-state index contributed by atoms with van der Waals surface area (Å²) in [6.45, 7) is 2.36. The van der Waals surface area contributed by atoms with Gasteiger partial charge in [-0.1, -0.05) is 182 Å². The van der Waals surface area contributed by atoms with Gasteiger partial charge in [0, 0.05) is 38.4 Å². The summed E-state index contributed by atoms with van der Waals surface area (Å²) < 4.78 is 6.41. The van der Waals surface area contributed by atoms with Crippen LogP contribution in [0.15, 0.2) is 205 Å². The fourth-order valence-electron chi connectivity index (χ4n) is 8.87. The van der Waals surface area contributed by atoms with Gasteiger partial charge in [-0.05, 0) is 69.6 Å². The SMILES string of the molecule is CC1(c2ccc(-c3ccc(-c4cc(-c5cccc(-c6cccc7c6oc6ccccc67)c5)nc(-c5ccccc5)n4)cc3)cc2)c2ccccc2-c2ccccc21. The number of para-hydroxylation sites is 2. The van der Waals surface area contributed by atoms with Gasteiger partial charge in [-0.25, -0.2) is 9.97 Å². The van der Waals surface area contributed by atoms with E-state index in [2.05, 4.69) is 177 Å². The molecule has 0 spiro atoms. The standard InChI is InChI=1S/C54H36N2O/c1-54(47-22-8-5-17-43(47)44-18-6-9-23-48(44)54)41-31-29-36(30-32-41)35-25-27-37(28-26-35)49-34-50(56-53(55-49)38-13-3-2-4-14-38)40-16-11-15-39(33-40)42-20-12-21-46-45-19-7-10-24-51(45)57-52(42)46/h2-34H,1H3. The Balaban J connectivity index is 0.947. The maximum Gasteiger partial charge on any atom is 0.160 e. The van der Waals surface area contributed by atoms with E-state index in [-0.39, 0.29) is 5.41 Å². The van der Waals surface area contributed by atoms with Crippen LogP contribution in [0.5, 0.6) is 0 Å². The van der Waals surface area contributed by atoms with Crippen LogP contribution >= 0.6 is 0 Å². The van der Waals surface area contributed by atoms with E-state index in [9.17, 15) is 0 Å². The Morgan fingerprint density at radius 1 is 0.386 bits per heavy atom. The normalized spacial score (nSPS) is 12.8. The molecule has 0 unspecified atom stereocenters. The van der Waals surface area contributed by atoms with E-state index in [1.807, 2.05) is 30.3 Å². The number of hydrogen-bond donors (Lipinski definition) is 0. The zero-order valence-corrected chi connectivity index (χ0v) is 31.4. The molecule has 0 N–H and O–H groups in total. The van der Waals surface area contributed by atoms with Gasteiger partial charge in [-0.2, -0.15) is 0 Å². The molecule has 2 heterocycles. The number of fused-ring (bicyclic) bond motifs is 6. The third-order valence-electron chi connectivity index (χ3n) is 11.8. The highest BCUT2D eigenvalue weighted by Gasteiger charge is 2.40. The van der Waals surface area contributed by atoms with Crippen molar-refractivity contribution in [2.45, 2.75) is 12.3 Å². The summed E-state index contributed by atoms with van der Waals surface area (Å²) in [6, 6.07) is 71.0. The summed E-state index contributed by atoms with van der Waals surface area (Å²) in [5.41, 5.74) is 17.5. The van der Waals surface area contributed by atoms with E-state index in [0.717, 1.165) is 66.7 Å². The molecule has 0 atom stereocenters. The molecule has 0 bridgehead atoms. The average Bonchev–Trinajstić information content (AvgIpc) is 3.80. The summed E-state index contributed by atoms with van der Waals surface area (Å²) >= 11 is 0. The zero-order valence-electron chi connectivity index (χ0n) is 31.4. The highest BCUT2D eigenvalue weighted by molar-refractivity contribution is 6.09. The quantitative estimate of drug-likeness (QED) is 0.171. The Kier molecular flexibility index (Phi) is 7.61. The van der Waals surface area contributed by atoms with Gasteiger partial charge in [-0.3, -0.25) is 0 Å². The van der Waals surface area contributed by atoms with E-state index >= 15 is 0 Å². The van der Waals surface area contributed by atoms with Crippen LogP contribution in [0.25, 0.3) is 89.2 Å². The van der Waals surface area contributed by atoms with E-state index in [1.54, 1.807) is 0 Å². The molecule has 0 amide bonds. The summed E-state index contributed by atoms with van der Waals surface area (Å²) in [5.74, 6) is 0.691. The van der Waals surface area contributed by atoms with Gasteiger partial charge in [0.1, 0.15) is 11.2 Å². The number of rotatable bonds is 6. The van der Waals surface area contributed by atoms with Gasteiger partial charge in [0.15, 0.2) is 5.82 Å². The molecule has 10 aromatic rings. The van der Waals surface area contributed by atoms with Crippen molar-refractivity contribution in [2.24, 2.45) is 0 Å². The Hall–Kier alpha value is -7.36. The molecule has 1 aliphatic carbocycles. The maximum absolute atomic E-state index is 6.41. The average molecular weight is 729 g/mol. The predicted molar refractivity (Wildman–Crippen MR) is 234 cm³/mol. The Labute approximate surface area is 331 Å². The van der Waals surface area contributed by atoms with Crippen LogP contribution in [-0.4, -0.2) is 9.97 Å². The molecule has 3 nitrogen and oxygen atoms in total. The molecular formula is C54H36N2O. The monoisotopic (exact) mass is 728 g/mol. The second-order valence-electron chi connectivity index (χ2n) is 15.1. The molecule has 0 fully saturated rings. The third kappa shape index (κ3) is 5.43. The molecule has 0 aliphatic heterocycles. The molecule has 8 aromatic carbocycles. The zero-order chi connectivity index (χ0) is 37.9. The molecule has 57 heavy (non-hydrogen) atoms. The predicted octanol–water partition coefficient (Wildman–Crippen LogP) is 14.0. The van der Waals surface area contributed by atoms with Gasteiger partial charge in [0.05, 0.1) is 11.4 Å². The minimum absolute atomic E-state index is 0.211. The minimum Gasteiger partial charge on any atom is -0.455 e. The Bertz CT molecular complexity index is 3080. The maximum atomic E-state index is 6.41. The first-order valence-electron chi connectivity index (χ1n) is 19.5. The van der Waals surface area contributed by atoms with Crippen molar-refractivity contribution < 1.29 is 4.42 Å². The van der Waals surface area contributed by atoms with Crippen LogP contribution in [-0.2, 0) is 5.41 Å². The highest BCUT2D eigenvalue weighted by atomic mass is 16.3. The molecule has 1 aliphatic rings. The van der Waals surface area contributed by atoms with Crippen LogP contribution < -0.4 is 0 Å². The highest BCUT2D eigenvalue weighted by Crippen LogP contribution is 2.52. The molecule has 0 saturated carbocycles. The molecule has 268 valence electrons. The smallest absolute Gasteiger partial charge is 0.160 e. The lowest BCUT2D eigenvalue weighted by molar-refractivity contribution is 0.670. The van der Waals surface area contributed by atoms with Gasteiger partial charge >= 0.3 is 0 Å². The summed E-state index contributed by atoms with van der Waals surface area (Å²) in [6.07, 6.45) is 0. The number of furan rings is 1. The molecule has 2 aromatic heterocycles. The lowest BCUT2D eigenvalue weighted by Crippen LogP contribution is -2.22. The van der Waals surface area contributed by atoms with Crippen LogP contribution in [0, 0.1) is 0 Å². The van der Waals surface area contributed by atoms with Crippen molar-refractivity contribution in [3.05, 3.63) is 217 Å². The van der Waals surface area contributed by atoms with E-state index in [1.165, 1.54) is 33.4 Å². The fourth-order valence-corrected chi connectivity index (χ4v) is 8.87. The van der Waals surface area contributed by atoms with Gasteiger partial charge < -0.3 is 4.42 Å². The molecule has 0 saturated heterocycles. The molecule has 3 heteroatoms. The first-order chi connectivity index (χ1) is 28.1. The lowest BCUT2D eigenvalue weighted by Gasteiger charge is -2.28. The van der Waals surface area contributed by atoms with Crippen LogP contribution in [0.3, 0.4) is 0 Å². The summed E-state index contributed by atoms with van der Waals surface area (Å²) in [5, 5.41) is 2.24. The molecule has 0 radical (unpaired) electrons. The largest absolute Gasteiger partial charge is 0.455 e. The first kappa shape index (κ1) is 33.0. The van der Waals surface area contributed by atoms with E-state index < -0.39 is 0 Å². The van der Waals surface area contributed by atoms with E-state index in [4.69, 9.17) is 14.4 Å². The van der Waals surface area contributed by atoms with Crippen LogP contribution in [0.1, 0.15) is 23.6 Å². The lowest BCUT2D eigenvalue weighted by atomic mass is 9.74. The van der Waals surface area contributed by atoms with Crippen molar-refractivity contribution in [3.63, 3.8) is 0 Å². The van der Waals surface area contributed by atoms with Crippen molar-refractivity contribution in [1.29, 1.82) is 0 Å². The van der Waals surface area contributed by atoms with Gasteiger partial charge in [0.25, 0.3) is 0 Å². The number of nitrogens with zero attached hydrogens (tertiary/aromatic N) is 2. The second-order valence-corrected chi connectivity index (χ2v) is 15.1. The van der Waals surface area contributed by atoms with Crippen molar-refractivity contribution >= 4 is 21.9 Å². The Morgan fingerprint density at radius 2 is 0.912 bits per heavy atom. The fraction of sp³-hybridized carbons (Fsp3) is 0.0370. The Morgan fingerprint density at radius 3 is 1.65 bits per heavy atom. The number of hydrogen-bond acceptors (Lipinski definition) is 3. The van der Waals surface area contributed by atoms with Crippen LogP contribution in [0.4, 0.5) is 0 Å². The first-order valence-corrected chi connectivity index (χ1v) is 19.5. The molecule has 11 rings (SSSR count). The third-order valence-corrected chi connectivity index (χ3v) is 11.8. The number of aromatic nitrogens is 2. The second kappa shape index (κ2) is 13.1. The summed E-state index contributed by atoms with van der Waals surface area (Å²) in [7, 11) is 0. The van der Waals surface area contributed by atoms with E-state index in [0.29, 0.717) is 5.82 Å². The van der Waals surface area contributed by atoms with Crippen molar-refractivity contribution in [1.82, 2.24) is 9.97 Å². The van der Waals surface area contributed by atoms with Crippen LogP contribution in [0.2, 0.25) is 0 Å². The van der Waals surface area contributed by atoms with Gasteiger partial charge in [-0.15, -0.1) is 0 Å². The topological polar surface area (TPSA) is 38.9 Å². The number of benzene rings is 8. The molecular weight excluding hydrogens is 693 g/mol.